The molecule has 2 aromatic heterocycles. The largest absolute Gasteiger partial charge is 0.437 e. The summed E-state index contributed by atoms with van der Waals surface area (Å²) in [7, 11) is 0. The molecule has 7 heteroatoms. The average Bonchev–Trinajstić information content (AvgIpc) is 2.60. The SMILES string of the molecule is CC(=O)C(c1ccc(Oc2ccc(Cl)cn2)cn1)c1ccc(F)cc1F. The topological polar surface area (TPSA) is 52.1 Å². The summed E-state index contributed by atoms with van der Waals surface area (Å²) in [4.78, 5) is 20.2. The molecule has 4 nitrogen and oxygen atoms in total. The Morgan fingerprint density at radius 3 is 2.46 bits per heavy atom. The molecule has 3 aromatic rings. The summed E-state index contributed by atoms with van der Waals surface area (Å²) >= 11 is 5.76. The van der Waals surface area contributed by atoms with Crippen molar-refractivity contribution in [1.29, 1.82) is 0 Å². The van der Waals surface area contributed by atoms with Crippen LogP contribution in [0.1, 0.15) is 24.1 Å². The van der Waals surface area contributed by atoms with E-state index in [0.717, 1.165) is 12.1 Å². The quantitative estimate of drug-likeness (QED) is 0.636. The average molecular weight is 375 g/mol. The molecule has 3 rings (SSSR count). The summed E-state index contributed by atoms with van der Waals surface area (Å²) in [5.41, 5.74) is 0.402. The number of benzene rings is 1. The van der Waals surface area contributed by atoms with Crippen LogP contribution in [0, 0.1) is 11.6 Å². The molecular formula is C19H13ClF2N2O2. The molecule has 26 heavy (non-hydrogen) atoms. The minimum Gasteiger partial charge on any atom is -0.437 e. The van der Waals surface area contributed by atoms with Crippen LogP contribution in [-0.4, -0.2) is 15.8 Å². The van der Waals surface area contributed by atoms with Crippen LogP contribution in [0.5, 0.6) is 11.6 Å². The molecule has 2 heterocycles. The molecule has 0 aliphatic carbocycles. The predicted octanol–water partition coefficient (Wildman–Crippen LogP) is 4.92. The normalized spacial score (nSPS) is 11.8. The zero-order valence-corrected chi connectivity index (χ0v) is 14.4. The number of rotatable bonds is 5. The number of Topliss-reactive ketones (excluding diaryl/α,β-unsaturated/α-hetero) is 1. The van der Waals surface area contributed by atoms with Gasteiger partial charge in [-0.05, 0) is 31.2 Å². The van der Waals surface area contributed by atoms with E-state index < -0.39 is 17.6 Å². The van der Waals surface area contributed by atoms with Crippen molar-refractivity contribution in [1.82, 2.24) is 9.97 Å². The lowest BCUT2D eigenvalue weighted by molar-refractivity contribution is -0.117. The molecule has 0 aliphatic rings. The lowest BCUT2D eigenvalue weighted by Gasteiger charge is -2.15. The van der Waals surface area contributed by atoms with Crippen LogP contribution in [0.15, 0.2) is 54.9 Å². The van der Waals surface area contributed by atoms with Crippen LogP contribution in [0.25, 0.3) is 0 Å². The van der Waals surface area contributed by atoms with Gasteiger partial charge in [0, 0.05) is 23.9 Å². The number of carbonyl (C=O) groups is 1. The maximum Gasteiger partial charge on any atom is 0.219 e. The fourth-order valence-corrected chi connectivity index (χ4v) is 2.60. The van der Waals surface area contributed by atoms with E-state index in [0.29, 0.717) is 22.3 Å². The van der Waals surface area contributed by atoms with E-state index in [2.05, 4.69) is 9.97 Å². The zero-order chi connectivity index (χ0) is 18.7. The van der Waals surface area contributed by atoms with Crippen LogP contribution in [0.3, 0.4) is 0 Å². The lowest BCUT2D eigenvalue weighted by Crippen LogP contribution is -2.14. The fourth-order valence-electron chi connectivity index (χ4n) is 2.49. The Bertz CT molecular complexity index is 931. The van der Waals surface area contributed by atoms with Crippen molar-refractivity contribution in [2.45, 2.75) is 12.8 Å². The van der Waals surface area contributed by atoms with E-state index in [1.54, 1.807) is 24.3 Å². The summed E-state index contributed by atoms with van der Waals surface area (Å²) in [5.74, 6) is -2.02. The standard InChI is InChI=1S/C19H13ClF2N2O2/c1-11(25)19(15-5-3-13(21)8-16(15)22)17-6-4-14(10-23-17)26-18-7-2-12(20)9-24-18/h2-10,19H,1H3. The van der Waals surface area contributed by atoms with E-state index >= 15 is 0 Å². The molecule has 1 unspecified atom stereocenters. The molecule has 0 fully saturated rings. The van der Waals surface area contributed by atoms with Crippen molar-refractivity contribution in [3.63, 3.8) is 0 Å². The summed E-state index contributed by atoms with van der Waals surface area (Å²) in [5, 5.41) is 0.483. The lowest BCUT2D eigenvalue weighted by atomic mass is 9.91. The van der Waals surface area contributed by atoms with E-state index in [1.165, 1.54) is 25.4 Å². The fraction of sp³-hybridized carbons (Fsp3) is 0.105. The number of hydrogen-bond donors (Lipinski definition) is 0. The van der Waals surface area contributed by atoms with Crippen LogP contribution in [0.4, 0.5) is 8.78 Å². The van der Waals surface area contributed by atoms with E-state index in [1.807, 2.05) is 0 Å². The van der Waals surface area contributed by atoms with Gasteiger partial charge in [-0.3, -0.25) is 9.78 Å². The highest BCUT2D eigenvalue weighted by atomic mass is 35.5. The molecular weight excluding hydrogens is 362 g/mol. The Morgan fingerprint density at radius 1 is 1.08 bits per heavy atom. The highest BCUT2D eigenvalue weighted by molar-refractivity contribution is 6.30. The summed E-state index contributed by atoms with van der Waals surface area (Å²) in [6.07, 6.45) is 2.85. The number of hydrogen-bond acceptors (Lipinski definition) is 4. The van der Waals surface area contributed by atoms with Gasteiger partial charge < -0.3 is 4.74 Å². The van der Waals surface area contributed by atoms with E-state index in [-0.39, 0.29) is 11.3 Å². The monoisotopic (exact) mass is 374 g/mol. The number of ether oxygens (including phenoxy) is 1. The first kappa shape index (κ1) is 17.9. The summed E-state index contributed by atoms with van der Waals surface area (Å²) < 4.78 is 32.7. The summed E-state index contributed by atoms with van der Waals surface area (Å²) in [6, 6.07) is 9.49. The minimum atomic E-state index is -0.932. The molecule has 0 spiro atoms. The third kappa shape index (κ3) is 4.03. The van der Waals surface area contributed by atoms with Gasteiger partial charge in [0.25, 0.3) is 0 Å². The maximum absolute atomic E-state index is 14.1. The number of carbonyl (C=O) groups excluding carboxylic acids is 1. The Balaban J connectivity index is 1.87. The first-order valence-corrected chi connectivity index (χ1v) is 8.02. The van der Waals surface area contributed by atoms with Gasteiger partial charge in [0.05, 0.1) is 22.8 Å². The third-order valence-electron chi connectivity index (χ3n) is 3.66. The van der Waals surface area contributed by atoms with Gasteiger partial charge in [0.2, 0.25) is 5.88 Å². The molecule has 0 N–H and O–H groups in total. The van der Waals surface area contributed by atoms with Crippen LogP contribution < -0.4 is 4.74 Å². The van der Waals surface area contributed by atoms with Crippen molar-refractivity contribution >= 4 is 17.4 Å². The zero-order valence-electron chi connectivity index (χ0n) is 13.6. The van der Waals surface area contributed by atoms with Crippen LogP contribution in [0.2, 0.25) is 5.02 Å². The maximum atomic E-state index is 14.1. The van der Waals surface area contributed by atoms with Gasteiger partial charge in [0.15, 0.2) is 0 Å². The number of halogens is 3. The first-order chi connectivity index (χ1) is 12.4. The molecule has 0 saturated heterocycles. The molecule has 0 saturated carbocycles. The first-order valence-electron chi connectivity index (χ1n) is 7.65. The number of aromatic nitrogens is 2. The molecule has 1 aromatic carbocycles. The van der Waals surface area contributed by atoms with Gasteiger partial charge >= 0.3 is 0 Å². The van der Waals surface area contributed by atoms with Gasteiger partial charge in [-0.1, -0.05) is 17.7 Å². The molecule has 0 aliphatic heterocycles. The second-order valence-corrected chi connectivity index (χ2v) is 5.98. The Morgan fingerprint density at radius 2 is 1.88 bits per heavy atom. The van der Waals surface area contributed by atoms with Crippen molar-refractivity contribution in [3.8, 4) is 11.6 Å². The Hall–Kier alpha value is -2.86. The van der Waals surface area contributed by atoms with Gasteiger partial charge in [-0.2, -0.15) is 0 Å². The van der Waals surface area contributed by atoms with Gasteiger partial charge in [-0.15, -0.1) is 0 Å². The van der Waals surface area contributed by atoms with Gasteiger partial charge in [0.1, 0.15) is 23.2 Å². The third-order valence-corrected chi connectivity index (χ3v) is 3.88. The number of pyridine rings is 2. The van der Waals surface area contributed by atoms with Crippen molar-refractivity contribution < 1.29 is 18.3 Å². The van der Waals surface area contributed by atoms with E-state index in [4.69, 9.17) is 16.3 Å². The number of nitrogens with zero attached hydrogens (tertiary/aromatic N) is 2. The molecule has 0 amide bonds. The highest BCUT2D eigenvalue weighted by Gasteiger charge is 2.24. The Labute approximate surface area is 153 Å². The second kappa shape index (κ2) is 7.58. The molecule has 0 radical (unpaired) electrons. The van der Waals surface area contributed by atoms with E-state index in [9.17, 15) is 13.6 Å². The number of ketones is 1. The van der Waals surface area contributed by atoms with Gasteiger partial charge in [-0.25, -0.2) is 13.8 Å². The minimum absolute atomic E-state index is 0.0689. The molecule has 132 valence electrons. The van der Waals surface area contributed by atoms with Crippen molar-refractivity contribution in [2.75, 3.05) is 0 Å². The smallest absolute Gasteiger partial charge is 0.219 e. The van der Waals surface area contributed by atoms with Crippen molar-refractivity contribution in [2.24, 2.45) is 0 Å². The summed E-state index contributed by atoms with van der Waals surface area (Å²) in [6.45, 7) is 1.33. The Kier molecular flexibility index (Phi) is 5.23. The predicted molar refractivity (Wildman–Crippen MR) is 92.4 cm³/mol. The molecule has 0 bridgehead atoms. The van der Waals surface area contributed by atoms with Crippen LogP contribution in [-0.2, 0) is 4.79 Å². The highest BCUT2D eigenvalue weighted by Crippen LogP contribution is 2.28. The molecule has 1 atom stereocenters. The second-order valence-electron chi connectivity index (χ2n) is 5.54. The van der Waals surface area contributed by atoms with Crippen LogP contribution >= 0.6 is 11.6 Å². The van der Waals surface area contributed by atoms with Crippen molar-refractivity contribution in [3.05, 3.63) is 82.8 Å².